The smallest absolute Gasteiger partial charge is 0.288 e. The number of aryl methyl sites for hydroxylation is 2. The van der Waals surface area contributed by atoms with Crippen molar-refractivity contribution in [3.63, 3.8) is 0 Å². The van der Waals surface area contributed by atoms with Crippen LogP contribution in [0.4, 0.5) is 5.82 Å². The largest absolute Gasteiger partial charge is 0.456 e. The van der Waals surface area contributed by atoms with E-state index in [-0.39, 0.29) is 29.4 Å². The fraction of sp³-hybridized carbons (Fsp3) is 0.414. The average molecular weight is 515 g/mol. The highest BCUT2D eigenvalue weighted by Crippen LogP contribution is 2.41. The van der Waals surface area contributed by atoms with Crippen molar-refractivity contribution >= 4 is 33.6 Å². The van der Waals surface area contributed by atoms with E-state index in [0.29, 0.717) is 16.7 Å². The molecule has 1 aliphatic carbocycles. The number of nitrogens with two attached hydrogens (primary N) is 1. The zero-order valence-corrected chi connectivity index (χ0v) is 21.9. The van der Waals surface area contributed by atoms with Crippen molar-refractivity contribution in [3.05, 3.63) is 58.0 Å². The molecule has 9 heteroatoms. The van der Waals surface area contributed by atoms with Crippen LogP contribution in [0.5, 0.6) is 0 Å². The third-order valence-corrected chi connectivity index (χ3v) is 8.14. The van der Waals surface area contributed by atoms with E-state index in [1.165, 1.54) is 6.42 Å². The predicted octanol–water partition coefficient (Wildman–Crippen LogP) is 4.20. The van der Waals surface area contributed by atoms with Gasteiger partial charge in [0.25, 0.3) is 5.56 Å². The lowest BCUT2D eigenvalue weighted by molar-refractivity contribution is -0.117. The van der Waals surface area contributed by atoms with Crippen LogP contribution in [0, 0.1) is 13.8 Å². The van der Waals surface area contributed by atoms with Gasteiger partial charge in [-0.15, -0.1) is 0 Å². The Morgan fingerprint density at radius 2 is 2.03 bits per heavy atom. The highest BCUT2D eigenvalue weighted by Gasteiger charge is 2.28. The maximum atomic E-state index is 13.0. The van der Waals surface area contributed by atoms with Crippen molar-refractivity contribution in [1.29, 1.82) is 0 Å². The molecule has 1 aromatic carbocycles. The van der Waals surface area contributed by atoms with Gasteiger partial charge in [0.05, 0.1) is 5.39 Å². The number of hydrogen-bond acceptors (Lipinski definition) is 6. The van der Waals surface area contributed by atoms with Gasteiger partial charge in [-0.1, -0.05) is 17.7 Å². The SMILES string of the molecule is Cc1ccc2oc(-c3cn(C4CCC(NC(=O)/C=C/CN5CCC5)CC4)c4c(=O)[nH]nc(N)c34)c(C)c2c1. The number of nitrogens with zero attached hydrogens (tertiary/aromatic N) is 3. The molecular weight excluding hydrogens is 480 g/mol. The highest BCUT2D eigenvalue weighted by atomic mass is 16.3. The Hall–Kier alpha value is -3.85. The summed E-state index contributed by atoms with van der Waals surface area (Å²) >= 11 is 0. The number of anilines is 1. The van der Waals surface area contributed by atoms with E-state index in [2.05, 4.69) is 33.4 Å². The van der Waals surface area contributed by atoms with Gasteiger partial charge in [0.1, 0.15) is 16.9 Å². The molecular formula is C29H34N6O3. The van der Waals surface area contributed by atoms with E-state index < -0.39 is 0 Å². The normalized spacial score (nSPS) is 20.4. The number of carbonyl (C=O) groups is 1. The maximum absolute atomic E-state index is 13.0. The van der Waals surface area contributed by atoms with Crippen LogP contribution in [0.15, 0.2) is 45.8 Å². The number of hydrogen-bond donors (Lipinski definition) is 3. The van der Waals surface area contributed by atoms with Crippen molar-refractivity contribution in [2.24, 2.45) is 0 Å². The minimum absolute atomic E-state index is 0.0337. The van der Waals surface area contributed by atoms with Gasteiger partial charge in [-0.3, -0.25) is 14.5 Å². The van der Waals surface area contributed by atoms with Gasteiger partial charge in [0, 0.05) is 47.4 Å². The lowest BCUT2D eigenvalue weighted by Gasteiger charge is -2.30. The maximum Gasteiger partial charge on any atom is 0.288 e. The fourth-order valence-corrected chi connectivity index (χ4v) is 5.91. The molecule has 9 nitrogen and oxygen atoms in total. The molecule has 2 aliphatic rings. The van der Waals surface area contributed by atoms with E-state index >= 15 is 0 Å². The molecule has 0 atom stereocenters. The molecule has 4 N–H and O–H groups in total. The number of carbonyl (C=O) groups excluding carboxylic acids is 1. The first kappa shape index (κ1) is 24.5. The van der Waals surface area contributed by atoms with Crippen LogP contribution in [0.2, 0.25) is 0 Å². The Morgan fingerprint density at radius 3 is 2.76 bits per heavy atom. The minimum atomic E-state index is -0.271. The third kappa shape index (κ3) is 4.41. The second kappa shape index (κ2) is 9.79. The first-order valence-corrected chi connectivity index (χ1v) is 13.5. The van der Waals surface area contributed by atoms with Crippen molar-refractivity contribution in [1.82, 2.24) is 25.0 Å². The lowest BCUT2D eigenvalue weighted by atomic mass is 9.91. The molecule has 4 heterocycles. The van der Waals surface area contributed by atoms with Crippen LogP contribution in [-0.4, -0.2) is 51.2 Å². The lowest BCUT2D eigenvalue weighted by Crippen LogP contribution is -2.38. The molecule has 1 aliphatic heterocycles. The molecule has 4 aromatic rings. The monoisotopic (exact) mass is 514 g/mol. The standard InChI is InChI=1S/C29H34N6O3/c1-17-6-11-23-21(15-17)18(2)27(38-23)22-16-35(26-25(22)28(30)32-33-29(26)37)20-9-7-19(8-10-20)31-24(36)5-3-12-34-13-4-14-34/h3,5-6,11,15-16,19-20H,4,7-10,12-14H2,1-2H3,(H2,30,32)(H,31,36)(H,33,37)/b5-3+. The summed E-state index contributed by atoms with van der Waals surface area (Å²) in [6, 6.07) is 6.35. The summed E-state index contributed by atoms with van der Waals surface area (Å²) in [4.78, 5) is 27.7. The van der Waals surface area contributed by atoms with Crippen LogP contribution in [0.25, 0.3) is 33.2 Å². The topological polar surface area (TPSA) is 122 Å². The third-order valence-electron chi connectivity index (χ3n) is 8.14. The minimum Gasteiger partial charge on any atom is -0.456 e. The zero-order valence-electron chi connectivity index (χ0n) is 21.9. The highest BCUT2D eigenvalue weighted by molar-refractivity contribution is 6.03. The van der Waals surface area contributed by atoms with Crippen LogP contribution in [0.3, 0.4) is 0 Å². The summed E-state index contributed by atoms with van der Waals surface area (Å²) in [7, 11) is 0. The molecule has 0 bridgehead atoms. The van der Waals surface area contributed by atoms with Crippen molar-refractivity contribution in [2.75, 3.05) is 25.4 Å². The Morgan fingerprint density at radius 1 is 1.24 bits per heavy atom. The number of likely N-dealkylation sites (tertiary alicyclic amines) is 1. The van der Waals surface area contributed by atoms with E-state index in [1.54, 1.807) is 6.08 Å². The van der Waals surface area contributed by atoms with Gasteiger partial charge < -0.3 is 20.0 Å². The molecule has 0 unspecified atom stereocenters. The zero-order chi connectivity index (χ0) is 26.4. The molecule has 0 spiro atoms. The molecule has 1 saturated heterocycles. The second-order valence-electron chi connectivity index (χ2n) is 10.7. The number of rotatable bonds is 6. The summed E-state index contributed by atoms with van der Waals surface area (Å²) in [6.07, 6.45) is 10.2. The first-order valence-electron chi connectivity index (χ1n) is 13.5. The average Bonchev–Trinajstić information content (AvgIpc) is 3.43. The molecule has 198 valence electrons. The van der Waals surface area contributed by atoms with Crippen molar-refractivity contribution in [3.8, 4) is 11.3 Å². The predicted molar refractivity (Wildman–Crippen MR) is 149 cm³/mol. The Kier molecular flexibility index (Phi) is 6.31. The second-order valence-corrected chi connectivity index (χ2v) is 10.7. The number of amides is 1. The fourth-order valence-electron chi connectivity index (χ4n) is 5.91. The summed E-state index contributed by atoms with van der Waals surface area (Å²) in [5.74, 6) is 0.948. The van der Waals surface area contributed by atoms with E-state index in [4.69, 9.17) is 10.2 Å². The van der Waals surface area contributed by atoms with Gasteiger partial charge in [0.15, 0.2) is 5.82 Å². The number of aromatic nitrogens is 3. The number of nitrogen functional groups attached to an aromatic ring is 1. The van der Waals surface area contributed by atoms with Crippen LogP contribution < -0.4 is 16.6 Å². The Balaban J connectivity index is 1.26. The van der Waals surface area contributed by atoms with Gasteiger partial charge in [0.2, 0.25) is 5.91 Å². The summed E-state index contributed by atoms with van der Waals surface area (Å²) in [6.45, 7) is 7.16. The number of nitrogens with one attached hydrogen (secondary N) is 2. The van der Waals surface area contributed by atoms with Gasteiger partial charge in [-0.05, 0) is 71.2 Å². The number of H-pyrrole nitrogens is 1. The molecule has 6 rings (SSSR count). The first-order chi connectivity index (χ1) is 18.4. The summed E-state index contributed by atoms with van der Waals surface area (Å²) in [5, 5.41) is 11.4. The van der Waals surface area contributed by atoms with E-state index in [9.17, 15) is 9.59 Å². The number of fused-ring (bicyclic) bond motifs is 2. The van der Waals surface area contributed by atoms with Crippen molar-refractivity contribution in [2.45, 2.75) is 58.0 Å². The number of benzene rings is 1. The molecule has 1 amide bonds. The van der Waals surface area contributed by atoms with Gasteiger partial charge in [-0.2, -0.15) is 5.10 Å². The van der Waals surface area contributed by atoms with E-state index in [1.807, 2.05) is 35.9 Å². The van der Waals surface area contributed by atoms with Crippen LogP contribution in [0.1, 0.15) is 49.3 Å². The Labute approximate surface area is 220 Å². The van der Waals surface area contributed by atoms with Gasteiger partial charge >= 0.3 is 0 Å². The van der Waals surface area contributed by atoms with E-state index in [0.717, 1.165) is 73.0 Å². The van der Waals surface area contributed by atoms with Crippen LogP contribution >= 0.6 is 0 Å². The quantitative estimate of drug-likeness (QED) is 0.332. The summed E-state index contributed by atoms with van der Waals surface area (Å²) in [5.41, 5.74) is 10.3. The molecule has 38 heavy (non-hydrogen) atoms. The number of furan rings is 1. The molecule has 1 saturated carbocycles. The van der Waals surface area contributed by atoms with Crippen molar-refractivity contribution < 1.29 is 9.21 Å². The molecule has 2 fully saturated rings. The molecule has 3 aromatic heterocycles. The van der Waals surface area contributed by atoms with Crippen LogP contribution in [-0.2, 0) is 4.79 Å². The Bertz CT molecular complexity index is 1600. The van der Waals surface area contributed by atoms with Gasteiger partial charge in [-0.25, -0.2) is 5.10 Å². The summed E-state index contributed by atoms with van der Waals surface area (Å²) < 4.78 is 8.34. The number of aromatic amines is 1. The molecule has 0 radical (unpaired) electrons.